The summed E-state index contributed by atoms with van der Waals surface area (Å²) >= 11 is 0. The van der Waals surface area contributed by atoms with Gasteiger partial charge in [0.05, 0.1) is 0 Å². The number of aryl methyl sites for hydroxylation is 2. The second-order valence-corrected chi connectivity index (χ2v) is 18.4. The van der Waals surface area contributed by atoms with E-state index < -0.39 is 17.6 Å². The van der Waals surface area contributed by atoms with Crippen molar-refractivity contribution in [2.45, 2.75) is 63.0 Å². The number of hydrogen-bond acceptors (Lipinski definition) is 1. The van der Waals surface area contributed by atoms with Gasteiger partial charge >= 0.3 is 0 Å². The molecular formula is C38H46OSi2. The van der Waals surface area contributed by atoms with E-state index in [1.807, 2.05) is 12.2 Å². The summed E-state index contributed by atoms with van der Waals surface area (Å²) < 4.78 is 6.79. The first kappa shape index (κ1) is 30.6. The highest BCUT2D eigenvalue weighted by molar-refractivity contribution is 6.57. The highest BCUT2D eigenvalue weighted by Crippen LogP contribution is 2.35. The van der Waals surface area contributed by atoms with E-state index in [1.54, 1.807) is 0 Å². The van der Waals surface area contributed by atoms with Crippen LogP contribution in [0.4, 0.5) is 0 Å². The van der Waals surface area contributed by atoms with E-state index in [9.17, 15) is 0 Å². The molecule has 0 aromatic heterocycles. The quantitative estimate of drug-likeness (QED) is 0.136. The van der Waals surface area contributed by atoms with Gasteiger partial charge < -0.3 is 4.74 Å². The van der Waals surface area contributed by atoms with Gasteiger partial charge in [-0.05, 0) is 94.4 Å². The Morgan fingerprint density at radius 1 is 0.585 bits per heavy atom. The Morgan fingerprint density at radius 3 is 1.32 bits per heavy atom. The molecule has 0 saturated heterocycles. The Bertz CT molecular complexity index is 1300. The average molecular weight is 575 g/mol. The minimum atomic E-state index is -0.896. The maximum atomic E-state index is 6.79. The maximum Gasteiger partial charge on any atom is 0.130 e. The molecule has 0 bridgehead atoms. The van der Waals surface area contributed by atoms with Gasteiger partial charge in [0, 0.05) is 17.6 Å². The van der Waals surface area contributed by atoms with E-state index in [-0.39, 0.29) is 0 Å². The Hall–Kier alpha value is -3.41. The highest BCUT2D eigenvalue weighted by atomic mass is 28.3. The molecule has 2 unspecified atom stereocenters. The number of rotatable bonds is 14. The lowest BCUT2D eigenvalue weighted by Gasteiger charge is -2.23. The first-order valence-corrected chi connectivity index (χ1v) is 21.1. The maximum absolute atomic E-state index is 6.79. The lowest BCUT2D eigenvalue weighted by molar-refractivity contribution is 0.467. The second kappa shape index (κ2) is 15.0. The van der Waals surface area contributed by atoms with Crippen LogP contribution in [0.25, 0.3) is 12.2 Å². The molecule has 0 amide bonds. The molecule has 4 rings (SSSR count). The molecule has 0 saturated carbocycles. The highest BCUT2D eigenvalue weighted by Gasteiger charge is 2.20. The third-order valence-corrected chi connectivity index (χ3v) is 13.0. The molecule has 2 atom stereocenters. The van der Waals surface area contributed by atoms with Crippen molar-refractivity contribution in [2.75, 3.05) is 0 Å². The summed E-state index contributed by atoms with van der Waals surface area (Å²) in [6.07, 6.45) is 8.09. The summed E-state index contributed by atoms with van der Waals surface area (Å²) in [7, 11) is -1.79. The predicted molar refractivity (Wildman–Crippen MR) is 186 cm³/mol. The lowest BCUT2D eigenvalue weighted by Crippen LogP contribution is -2.17. The molecule has 0 N–H and O–H groups in total. The molecule has 0 spiro atoms. The molecule has 0 aliphatic carbocycles. The van der Waals surface area contributed by atoms with Gasteiger partial charge in [-0.15, -0.1) is 0 Å². The van der Waals surface area contributed by atoms with Gasteiger partial charge in [0.2, 0.25) is 0 Å². The van der Waals surface area contributed by atoms with Crippen LogP contribution in [0.5, 0.6) is 11.5 Å². The van der Waals surface area contributed by atoms with Gasteiger partial charge in [-0.2, -0.15) is 0 Å². The van der Waals surface area contributed by atoms with Crippen molar-refractivity contribution >= 4 is 29.7 Å². The van der Waals surface area contributed by atoms with E-state index in [0.29, 0.717) is 11.1 Å². The lowest BCUT2D eigenvalue weighted by atomic mass is 10.00. The van der Waals surface area contributed by atoms with Crippen molar-refractivity contribution in [3.05, 3.63) is 144 Å². The van der Waals surface area contributed by atoms with Gasteiger partial charge in [-0.3, -0.25) is 0 Å². The van der Waals surface area contributed by atoms with Crippen LogP contribution in [0, 0.1) is 0 Å². The summed E-state index contributed by atoms with van der Waals surface area (Å²) in [6.45, 7) is 17.9. The third kappa shape index (κ3) is 8.31. The minimum Gasteiger partial charge on any atom is -0.457 e. The standard InChI is InChI=1S/C38H46OSi2/c1-7-29-19-23-35(33(27-29)21-25-37(40(3)4)31-15-11-9-12-16-31)39-36-24-20-30(8-2)28-34(36)22-26-38(41(5)6)32-17-13-10-14-18-32/h7-20,23-24,27-28,37-38,40-41H,1-2,21-22,25-26H2,3-6H3. The fraction of sp³-hybridized carbons (Fsp3) is 0.263. The van der Waals surface area contributed by atoms with E-state index in [2.05, 4.69) is 136 Å². The molecule has 0 fully saturated rings. The van der Waals surface area contributed by atoms with E-state index in [4.69, 9.17) is 4.74 Å². The third-order valence-electron chi connectivity index (χ3n) is 8.37. The van der Waals surface area contributed by atoms with Crippen molar-refractivity contribution in [1.82, 2.24) is 0 Å². The van der Waals surface area contributed by atoms with Crippen LogP contribution >= 0.6 is 0 Å². The zero-order chi connectivity index (χ0) is 29.2. The first-order chi connectivity index (χ1) is 19.9. The molecule has 0 aliphatic rings. The first-order valence-electron chi connectivity index (χ1n) is 15.2. The van der Waals surface area contributed by atoms with Crippen molar-refractivity contribution in [3.63, 3.8) is 0 Å². The number of hydrogen-bond donors (Lipinski definition) is 0. The van der Waals surface area contributed by atoms with E-state index >= 15 is 0 Å². The van der Waals surface area contributed by atoms with Crippen molar-refractivity contribution in [2.24, 2.45) is 0 Å². The van der Waals surface area contributed by atoms with Crippen LogP contribution in [0.15, 0.2) is 110 Å². The fourth-order valence-corrected chi connectivity index (χ4v) is 9.60. The van der Waals surface area contributed by atoms with E-state index in [1.165, 1.54) is 22.3 Å². The fourth-order valence-electron chi connectivity index (χ4n) is 5.95. The van der Waals surface area contributed by atoms with Gasteiger partial charge in [0.1, 0.15) is 11.5 Å². The molecule has 3 heteroatoms. The zero-order valence-electron chi connectivity index (χ0n) is 25.4. The predicted octanol–water partition coefficient (Wildman–Crippen LogP) is 10.2. The Balaban J connectivity index is 1.60. The normalized spacial score (nSPS) is 12.7. The van der Waals surface area contributed by atoms with Crippen LogP contribution < -0.4 is 4.74 Å². The molecule has 4 aromatic rings. The minimum absolute atomic E-state index is 0.633. The molecule has 0 radical (unpaired) electrons. The largest absolute Gasteiger partial charge is 0.457 e. The number of benzene rings is 4. The molecule has 0 aliphatic heterocycles. The molecule has 0 heterocycles. The van der Waals surface area contributed by atoms with Gasteiger partial charge in [-0.1, -0.05) is 124 Å². The van der Waals surface area contributed by atoms with Crippen LogP contribution in [0.2, 0.25) is 26.2 Å². The zero-order valence-corrected chi connectivity index (χ0v) is 27.7. The smallest absolute Gasteiger partial charge is 0.130 e. The summed E-state index contributed by atoms with van der Waals surface area (Å²) in [5.41, 5.74) is 9.01. The Kier molecular flexibility index (Phi) is 11.2. The average Bonchev–Trinajstić information content (AvgIpc) is 2.99. The molecule has 212 valence electrons. The van der Waals surface area contributed by atoms with Crippen LogP contribution in [0.3, 0.4) is 0 Å². The topological polar surface area (TPSA) is 9.23 Å². The van der Waals surface area contributed by atoms with Gasteiger partial charge in [-0.25, -0.2) is 0 Å². The summed E-state index contributed by atoms with van der Waals surface area (Å²) in [4.78, 5) is 0. The van der Waals surface area contributed by atoms with E-state index in [0.717, 1.165) is 48.3 Å². The van der Waals surface area contributed by atoms with Crippen molar-refractivity contribution in [1.29, 1.82) is 0 Å². The SMILES string of the molecule is C=Cc1ccc(Oc2ccc(C=C)cc2CCC(c2ccccc2)[SiH](C)C)c(CCC(c2ccccc2)[SiH](C)C)c1. The summed E-state index contributed by atoms with van der Waals surface area (Å²) in [6, 6.07) is 35.1. The molecule has 4 aromatic carbocycles. The van der Waals surface area contributed by atoms with Crippen LogP contribution in [-0.2, 0) is 12.8 Å². The van der Waals surface area contributed by atoms with Crippen molar-refractivity contribution < 1.29 is 4.74 Å². The van der Waals surface area contributed by atoms with Gasteiger partial charge in [0.25, 0.3) is 0 Å². The van der Waals surface area contributed by atoms with Crippen molar-refractivity contribution in [3.8, 4) is 11.5 Å². The van der Waals surface area contributed by atoms with Crippen LogP contribution in [-0.4, -0.2) is 17.6 Å². The molecular weight excluding hydrogens is 529 g/mol. The molecule has 1 nitrogen and oxygen atoms in total. The summed E-state index contributed by atoms with van der Waals surface area (Å²) in [5.74, 6) is 1.91. The summed E-state index contributed by atoms with van der Waals surface area (Å²) in [5, 5.41) is 0. The number of ether oxygens (including phenoxy) is 1. The molecule has 41 heavy (non-hydrogen) atoms. The second-order valence-electron chi connectivity index (χ2n) is 11.8. The Labute approximate surface area is 251 Å². The Morgan fingerprint density at radius 2 is 0.976 bits per heavy atom. The monoisotopic (exact) mass is 574 g/mol. The van der Waals surface area contributed by atoms with Gasteiger partial charge in [0.15, 0.2) is 0 Å². The van der Waals surface area contributed by atoms with Crippen LogP contribution in [0.1, 0.15) is 57.3 Å².